The van der Waals surface area contributed by atoms with Crippen LogP contribution >= 0.6 is 0 Å². The predicted molar refractivity (Wildman–Crippen MR) is 44.1 cm³/mol. The summed E-state index contributed by atoms with van der Waals surface area (Å²) < 4.78 is 0. The highest BCUT2D eigenvalue weighted by atomic mass is 15.1. The molecule has 0 saturated heterocycles. The van der Waals surface area contributed by atoms with Gasteiger partial charge in [0.15, 0.2) is 0 Å². The first-order valence-electron chi connectivity index (χ1n) is 3.86. The van der Waals surface area contributed by atoms with Crippen LogP contribution in [0, 0.1) is 0 Å². The minimum absolute atomic E-state index is 0.981. The minimum atomic E-state index is 0.981. The van der Waals surface area contributed by atoms with E-state index in [2.05, 4.69) is 21.6 Å². The second-order valence-corrected chi connectivity index (χ2v) is 2.65. The van der Waals surface area contributed by atoms with Crippen molar-refractivity contribution in [2.75, 3.05) is 13.1 Å². The average molecular weight is 149 g/mol. The molecule has 2 N–H and O–H groups in total. The molecule has 0 atom stereocenters. The molecule has 1 aromatic rings. The van der Waals surface area contributed by atoms with Crippen molar-refractivity contribution in [3.05, 3.63) is 24.0 Å². The van der Waals surface area contributed by atoms with Gasteiger partial charge in [-0.25, -0.2) is 0 Å². The normalized spacial score (nSPS) is 18.0. The topological polar surface area (TPSA) is 40.7 Å². The lowest BCUT2D eigenvalue weighted by Gasteiger charge is -2.11. The first kappa shape index (κ1) is 6.61. The van der Waals surface area contributed by atoms with E-state index in [1.54, 1.807) is 6.20 Å². The molecule has 2 rings (SSSR count). The molecule has 0 unspecified atom stereocenters. The second kappa shape index (κ2) is 2.88. The number of aromatic amines is 1. The van der Waals surface area contributed by atoms with Crippen LogP contribution < -0.4 is 5.32 Å². The summed E-state index contributed by atoms with van der Waals surface area (Å²) in [5.74, 6) is 0. The summed E-state index contributed by atoms with van der Waals surface area (Å²) >= 11 is 0. The molecule has 2 heterocycles. The van der Waals surface area contributed by atoms with Gasteiger partial charge in [-0.15, -0.1) is 0 Å². The Morgan fingerprint density at radius 2 is 2.45 bits per heavy atom. The van der Waals surface area contributed by atoms with Crippen molar-refractivity contribution in [2.45, 2.75) is 6.42 Å². The molecule has 0 aromatic carbocycles. The van der Waals surface area contributed by atoms with Crippen LogP contribution in [-0.2, 0) is 0 Å². The summed E-state index contributed by atoms with van der Waals surface area (Å²) in [6.45, 7) is 2.05. The Balaban J connectivity index is 2.22. The van der Waals surface area contributed by atoms with E-state index < -0.39 is 0 Å². The largest absolute Gasteiger partial charge is 0.313 e. The number of rotatable bonds is 1. The smallest absolute Gasteiger partial charge is 0.0607 e. The van der Waals surface area contributed by atoms with Gasteiger partial charge in [-0.2, -0.15) is 5.10 Å². The summed E-state index contributed by atoms with van der Waals surface area (Å²) in [5.41, 5.74) is 2.53. The van der Waals surface area contributed by atoms with Gasteiger partial charge in [-0.3, -0.25) is 5.10 Å². The predicted octanol–water partition coefficient (Wildman–Crippen LogP) is 0.786. The third-order valence-electron chi connectivity index (χ3n) is 1.91. The highest BCUT2D eigenvalue weighted by molar-refractivity contribution is 5.63. The van der Waals surface area contributed by atoms with E-state index >= 15 is 0 Å². The Morgan fingerprint density at radius 1 is 1.45 bits per heavy atom. The molecule has 0 spiro atoms. The summed E-state index contributed by atoms with van der Waals surface area (Å²) in [4.78, 5) is 0. The fourth-order valence-electron chi connectivity index (χ4n) is 1.30. The third-order valence-corrected chi connectivity index (χ3v) is 1.91. The zero-order valence-electron chi connectivity index (χ0n) is 6.30. The summed E-state index contributed by atoms with van der Waals surface area (Å²) in [5, 5.41) is 10.1. The molecule has 0 amide bonds. The van der Waals surface area contributed by atoms with Crippen molar-refractivity contribution in [3.63, 3.8) is 0 Å². The van der Waals surface area contributed by atoms with Crippen molar-refractivity contribution in [2.24, 2.45) is 0 Å². The van der Waals surface area contributed by atoms with E-state index in [1.165, 1.54) is 5.57 Å². The third kappa shape index (κ3) is 1.33. The van der Waals surface area contributed by atoms with Crippen LogP contribution in [0.1, 0.15) is 12.1 Å². The Labute approximate surface area is 65.5 Å². The lowest BCUT2D eigenvalue weighted by molar-refractivity contribution is 0.736. The molecule has 3 nitrogen and oxygen atoms in total. The summed E-state index contributed by atoms with van der Waals surface area (Å²) in [6.07, 6.45) is 5.09. The molecule has 1 aliphatic heterocycles. The fraction of sp³-hybridized carbons (Fsp3) is 0.375. The zero-order valence-corrected chi connectivity index (χ0v) is 6.30. The van der Waals surface area contributed by atoms with Gasteiger partial charge >= 0.3 is 0 Å². The van der Waals surface area contributed by atoms with E-state index in [0.717, 1.165) is 25.2 Å². The molecule has 58 valence electrons. The molecule has 0 aliphatic carbocycles. The van der Waals surface area contributed by atoms with E-state index in [-0.39, 0.29) is 0 Å². The van der Waals surface area contributed by atoms with Crippen molar-refractivity contribution in [3.8, 4) is 0 Å². The molecule has 3 heteroatoms. The number of aromatic nitrogens is 2. The van der Waals surface area contributed by atoms with E-state index in [1.807, 2.05) is 6.07 Å². The molecule has 11 heavy (non-hydrogen) atoms. The van der Waals surface area contributed by atoms with Crippen molar-refractivity contribution in [1.82, 2.24) is 15.5 Å². The molecule has 0 bridgehead atoms. The lowest BCUT2D eigenvalue weighted by atomic mass is 10.1. The maximum absolute atomic E-state index is 3.91. The van der Waals surface area contributed by atoms with Gasteiger partial charge in [0, 0.05) is 12.7 Å². The SMILES string of the molecule is C1=C(c2ccn[nH]2)CCNC1. The van der Waals surface area contributed by atoms with Crippen LogP contribution in [0.2, 0.25) is 0 Å². The maximum Gasteiger partial charge on any atom is 0.0607 e. The first-order valence-corrected chi connectivity index (χ1v) is 3.86. The Kier molecular flexibility index (Phi) is 1.73. The lowest BCUT2D eigenvalue weighted by Crippen LogP contribution is -2.20. The van der Waals surface area contributed by atoms with Crippen LogP contribution in [0.15, 0.2) is 18.3 Å². The van der Waals surface area contributed by atoms with E-state index in [9.17, 15) is 0 Å². The van der Waals surface area contributed by atoms with Gasteiger partial charge in [-0.05, 0) is 24.6 Å². The monoisotopic (exact) mass is 149 g/mol. The molecule has 0 radical (unpaired) electrons. The quantitative estimate of drug-likeness (QED) is 0.619. The number of nitrogens with one attached hydrogen (secondary N) is 2. The van der Waals surface area contributed by atoms with Crippen LogP contribution in [0.25, 0.3) is 5.57 Å². The van der Waals surface area contributed by atoms with E-state index in [0.29, 0.717) is 0 Å². The Hall–Kier alpha value is -1.09. The number of hydrogen-bond acceptors (Lipinski definition) is 2. The van der Waals surface area contributed by atoms with Crippen molar-refractivity contribution >= 4 is 5.57 Å². The van der Waals surface area contributed by atoms with Crippen LogP contribution in [0.4, 0.5) is 0 Å². The Morgan fingerprint density at radius 3 is 3.09 bits per heavy atom. The van der Waals surface area contributed by atoms with Crippen LogP contribution in [-0.4, -0.2) is 23.3 Å². The second-order valence-electron chi connectivity index (χ2n) is 2.65. The highest BCUT2D eigenvalue weighted by Gasteiger charge is 2.05. The zero-order chi connectivity index (χ0) is 7.52. The van der Waals surface area contributed by atoms with Gasteiger partial charge in [0.25, 0.3) is 0 Å². The highest BCUT2D eigenvalue weighted by Crippen LogP contribution is 2.15. The first-order chi connectivity index (χ1) is 5.47. The van der Waals surface area contributed by atoms with Gasteiger partial charge in [-0.1, -0.05) is 6.08 Å². The van der Waals surface area contributed by atoms with Gasteiger partial charge in [0.2, 0.25) is 0 Å². The summed E-state index contributed by atoms with van der Waals surface area (Å²) in [6, 6.07) is 2.01. The van der Waals surface area contributed by atoms with Crippen molar-refractivity contribution < 1.29 is 0 Å². The summed E-state index contributed by atoms with van der Waals surface area (Å²) in [7, 11) is 0. The van der Waals surface area contributed by atoms with E-state index in [4.69, 9.17) is 0 Å². The number of H-pyrrole nitrogens is 1. The van der Waals surface area contributed by atoms with Crippen LogP contribution in [0.3, 0.4) is 0 Å². The number of hydrogen-bond donors (Lipinski definition) is 2. The Bertz CT molecular complexity index is 248. The molecule has 1 aromatic heterocycles. The average Bonchev–Trinajstić information content (AvgIpc) is 2.58. The standard InChI is InChI=1S/C8H11N3/c1-4-9-5-2-7(1)8-3-6-10-11-8/h1,3,6,9H,2,4-5H2,(H,10,11). The molecule has 0 saturated carbocycles. The molecule has 0 fully saturated rings. The van der Waals surface area contributed by atoms with Gasteiger partial charge in [0.1, 0.15) is 0 Å². The number of nitrogens with zero attached hydrogens (tertiary/aromatic N) is 1. The van der Waals surface area contributed by atoms with Crippen molar-refractivity contribution in [1.29, 1.82) is 0 Å². The molecule has 1 aliphatic rings. The van der Waals surface area contributed by atoms with Crippen LogP contribution in [0.5, 0.6) is 0 Å². The van der Waals surface area contributed by atoms with Gasteiger partial charge in [0.05, 0.1) is 5.69 Å². The fourth-order valence-corrected chi connectivity index (χ4v) is 1.30. The van der Waals surface area contributed by atoms with Gasteiger partial charge < -0.3 is 5.32 Å². The maximum atomic E-state index is 3.91. The minimum Gasteiger partial charge on any atom is -0.313 e. The molecular formula is C8H11N3. The molecular weight excluding hydrogens is 138 g/mol.